The largest absolute Gasteiger partial charge is 0.350 e. The van der Waals surface area contributed by atoms with Gasteiger partial charge in [-0.3, -0.25) is 13.9 Å². The average molecular weight is 497 g/mol. The summed E-state index contributed by atoms with van der Waals surface area (Å²) >= 11 is 0. The highest BCUT2D eigenvalue weighted by atomic mass is 32.2. The number of para-hydroxylation sites is 2. The van der Waals surface area contributed by atoms with Gasteiger partial charge < -0.3 is 5.32 Å². The second-order valence-electron chi connectivity index (χ2n) is 7.98. The van der Waals surface area contributed by atoms with Gasteiger partial charge in [0.2, 0.25) is 15.9 Å². The van der Waals surface area contributed by atoms with Gasteiger partial charge in [-0.2, -0.15) is 0 Å². The third-order valence-electron chi connectivity index (χ3n) is 5.60. The summed E-state index contributed by atoms with van der Waals surface area (Å²) < 4.78 is 44.2. The molecule has 3 aromatic carbocycles. The van der Waals surface area contributed by atoms with Crippen molar-refractivity contribution in [2.75, 3.05) is 0 Å². The molecule has 35 heavy (non-hydrogen) atoms. The molecule has 0 aliphatic carbocycles. The summed E-state index contributed by atoms with van der Waals surface area (Å²) in [5.41, 5.74) is 2.25. The molecule has 0 saturated carbocycles. The number of fused-ring (bicyclic) bond motifs is 1. The Morgan fingerprint density at radius 2 is 1.54 bits per heavy atom. The first-order chi connectivity index (χ1) is 16.8. The minimum atomic E-state index is -3.84. The number of halogens is 1. The maximum atomic E-state index is 13.3. The third kappa shape index (κ3) is 5.50. The van der Waals surface area contributed by atoms with Crippen molar-refractivity contribution in [3.8, 4) is 0 Å². The number of amides is 1. The molecule has 1 heterocycles. The minimum absolute atomic E-state index is 0.0305. The highest BCUT2D eigenvalue weighted by molar-refractivity contribution is 7.89. The molecule has 0 spiro atoms. The fourth-order valence-corrected chi connectivity index (χ4v) is 4.95. The summed E-state index contributed by atoms with van der Waals surface area (Å²) in [7, 11) is -3.84. The van der Waals surface area contributed by atoms with Gasteiger partial charge in [-0.15, -0.1) is 0 Å². The van der Waals surface area contributed by atoms with E-state index in [1.54, 1.807) is 28.8 Å². The lowest BCUT2D eigenvalue weighted by molar-refractivity contribution is -0.121. The second-order valence-corrected chi connectivity index (χ2v) is 9.75. The molecule has 0 aliphatic heterocycles. The first-order valence-corrected chi connectivity index (χ1v) is 12.5. The van der Waals surface area contributed by atoms with E-state index in [1.165, 1.54) is 34.9 Å². The Kier molecular flexibility index (Phi) is 7.13. The van der Waals surface area contributed by atoms with Crippen LogP contribution in [0.4, 0.5) is 4.39 Å². The summed E-state index contributed by atoms with van der Waals surface area (Å²) in [5, 5.41) is 2.74. The number of benzene rings is 3. The molecular weight excluding hydrogens is 471 g/mol. The molecule has 10 heteroatoms. The second kappa shape index (κ2) is 10.2. The van der Waals surface area contributed by atoms with E-state index in [2.05, 4.69) is 10.0 Å². The maximum absolute atomic E-state index is 13.3. The van der Waals surface area contributed by atoms with Crippen molar-refractivity contribution in [2.24, 2.45) is 0 Å². The van der Waals surface area contributed by atoms with Gasteiger partial charge in [0.25, 0.3) is 0 Å². The zero-order chi connectivity index (χ0) is 25.0. The zero-order valence-electron chi connectivity index (χ0n) is 19.1. The van der Waals surface area contributed by atoms with Crippen LogP contribution in [0.3, 0.4) is 0 Å². The van der Waals surface area contributed by atoms with E-state index in [-0.39, 0.29) is 36.1 Å². The topological polar surface area (TPSA) is 102 Å². The lowest BCUT2D eigenvalue weighted by Gasteiger charge is -2.10. The number of hydrogen-bond donors (Lipinski definition) is 2. The van der Waals surface area contributed by atoms with Crippen LogP contribution in [-0.2, 0) is 41.0 Å². The normalized spacial score (nSPS) is 11.6. The quantitative estimate of drug-likeness (QED) is 0.372. The predicted octanol–water partition coefficient (Wildman–Crippen LogP) is 2.76. The molecule has 4 aromatic rings. The van der Waals surface area contributed by atoms with Crippen LogP contribution in [0.25, 0.3) is 11.0 Å². The van der Waals surface area contributed by atoms with Gasteiger partial charge in [-0.25, -0.2) is 22.3 Å². The van der Waals surface area contributed by atoms with Crippen LogP contribution in [0.15, 0.2) is 82.5 Å². The molecule has 0 aliphatic rings. The first kappa shape index (κ1) is 24.4. The number of sulfonamides is 1. The third-order valence-corrected chi connectivity index (χ3v) is 7.00. The molecule has 2 N–H and O–H groups in total. The SMILES string of the molecule is CCn1c(=O)n(CC(=O)NCc2cccc(S(=O)(=O)NCc3cccc(F)c3)c2)c2ccccc21. The van der Waals surface area contributed by atoms with Gasteiger partial charge in [-0.1, -0.05) is 36.4 Å². The standard InChI is InChI=1S/C25H25FN4O4S/c1-2-29-22-11-3-4-12-23(22)30(25(29)32)17-24(31)27-15-19-8-6-10-21(14-19)35(33,34)28-16-18-7-5-9-20(26)13-18/h3-14,28H,2,15-17H2,1H3,(H,27,31). The Morgan fingerprint density at radius 1 is 0.886 bits per heavy atom. The summed E-state index contributed by atoms with van der Waals surface area (Å²) in [4.78, 5) is 25.4. The van der Waals surface area contributed by atoms with Gasteiger partial charge in [-0.05, 0) is 54.4 Å². The Hall–Kier alpha value is -3.76. The van der Waals surface area contributed by atoms with E-state index in [9.17, 15) is 22.4 Å². The predicted molar refractivity (Wildman–Crippen MR) is 131 cm³/mol. The number of aryl methyl sites for hydroxylation is 1. The van der Waals surface area contributed by atoms with E-state index < -0.39 is 15.8 Å². The lowest BCUT2D eigenvalue weighted by Crippen LogP contribution is -2.32. The Labute approximate surface area is 202 Å². The number of nitrogens with one attached hydrogen (secondary N) is 2. The summed E-state index contributed by atoms with van der Waals surface area (Å²) in [6.45, 7) is 2.24. The molecule has 0 radical (unpaired) electrons. The minimum Gasteiger partial charge on any atom is -0.350 e. The number of aromatic nitrogens is 2. The van der Waals surface area contributed by atoms with Crippen LogP contribution in [-0.4, -0.2) is 23.5 Å². The van der Waals surface area contributed by atoms with Crippen molar-refractivity contribution < 1.29 is 17.6 Å². The van der Waals surface area contributed by atoms with Gasteiger partial charge >= 0.3 is 5.69 Å². The maximum Gasteiger partial charge on any atom is 0.329 e. The van der Waals surface area contributed by atoms with Crippen LogP contribution in [0, 0.1) is 5.82 Å². The van der Waals surface area contributed by atoms with Crippen LogP contribution < -0.4 is 15.7 Å². The van der Waals surface area contributed by atoms with Crippen LogP contribution in [0.1, 0.15) is 18.1 Å². The fraction of sp³-hybridized carbons (Fsp3) is 0.200. The highest BCUT2D eigenvalue weighted by Crippen LogP contribution is 2.14. The number of hydrogen-bond acceptors (Lipinski definition) is 4. The van der Waals surface area contributed by atoms with Gasteiger partial charge in [0.05, 0.1) is 15.9 Å². The monoisotopic (exact) mass is 496 g/mol. The van der Waals surface area contributed by atoms with Crippen molar-refractivity contribution in [3.05, 3.63) is 100 Å². The smallest absolute Gasteiger partial charge is 0.329 e. The molecule has 182 valence electrons. The van der Waals surface area contributed by atoms with E-state index in [4.69, 9.17) is 0 Å². The fourth-order valence-electron chi connectivity index (χ4n) is 3.86. The molecular formula is C25H25FN4O4S. The first-order valence-electron chi connectivity index (χ1n) is 11.1. The van der Waals surface area contributed by atoms with Crippen molar-refractivity contribution in [2.45, 2.75) is 38.0 Å². The summed E-state index contributed by atoms with van der Waals surface area (Å²) in [6, 6.07) is 19.1. The number of rotatable bonds is 9. The van der Waals surface area contributed by atoms with Crippen molar-refractivity contribution in [3.63, 3.8) is 0 Å². The number of carbonyl (C=O) groups is 1. The van der Waals surface area contributed by atoms with Crippen LogP contribution in [0.5, 0.6) is 0 Å². The number of imidazole rings is 1. The average Bonchev–Trinajstić information content (AvgIpc) is 3.12. The lowest BCUT2D eigenvalue weighted by atomic mass is 10.2. The summed E-state index contributed by atoms with van der Waals surface area (Å²) in [5.74, 6) is -0.815. The Balaban J connectivity index is 1.42. The molecule has 0 unspecified atom stereocenters. The molecule has 0 fully saturated rings. The number of nitrogens with zero attached hydrogens (tertiary/aromatic N) is 2. The zero-order valence-corrected chi connectivity index (χ0v) is 19.9. The van der Waals surface area contributed by atoms with Gasteiger partial charge in [0.1, 0.15) is 12.4 Å². The molecule has 0 saturated heterocycles. The molecule has 1 amide bonds. The molecule has 0 atom stereocenters. The van der Waals surface area contributed by atoms with Crippen molar-refractivity contribution >= 4 is 27.0 Å². The van der Waals surface area contributed by atoms with Crippen LogP contribution >= 0.6 is 0 Å². The van der Waals surface area contributed by atoms with E-state index in [0.29, 0.717) is 23.2 Å². The van der Waals surface area contributed by atoms with Crippen molar-refractivity contribution in [1.29, 1.82) is 0 Å². The highest BCUT2D eigenvalue weighted by Gasteiger charge is 2.16. The molecule has 8 nitrogen and oxygen atoms in total. The summed E-state index contributed by atoms with van der Waals surface area (Å²) in [6.07, 6.45) is 0. The van der Waals surface area contributed by atoms with Crippen LogP contribution in [0.2, 0.25) is 0 Å². The Morgan fingerprint density at radius 3 is 2.23 bits per heavy atom. The molecule has 1 aromatic heterocycles. The van der Waals surface area contributed by atoms with E-state index in [0.717, 1.165) is 5.52 Å². The van der Waals surface area contributed by atoms with Crippen molar-refractivity contribution in [1.82, 2.24) is 19.2 Å². The van der Waals surface area contributed by atoms with Gasteiger partial charge in [0, 0.05) is 19.6 Å². The Bertz CT molecular complexity index is 1540. The number of carbonyl (C=O) groups excluding carboxylic acids is 1. The molecule has 0 bridgehead atoms. The van der Waals surface area contributed by atoms with Gasteiger partial charge in [0.15, 0.2) is 0 Å². The molecule has 4 rings (SSSR count). The van der Waals surface area contributed by atoms with E-state index in [1.807, 2.05) is 25.1 Å². The van der Waals surface area contributed by atoms with E-state index >= 15 is 0 Å².